The molecule has 1 heterocycles. The fourth-order valence-electron chi connectivity index (χ4n) is 8.69. The lowest BCUT2D eigenvalue weighted by Gasteiger charge is -2.22. The van der Waals surface area contributed by atoms with Gasteiger partial charge in [-0.1, -0.05) is 177 Å². The Labute approximate surface area is 340 Å². The van der Waals surface area contributed by atoms with Gasteiger partial charge in [0.05, 0.1) is 11.0 Å². The maximum atomic E-state index is 5.16. The molecule has 1 aromatic heterocycles. The molecule has 0 aliphatic rings. The van der Waals surface area contributed by atoms with Crippen molar-refractivity contribution in [3.05, 3.63) is 211 Å². The highest BCUT2D eigenvalue weighted by atomic mass is 15.1. The predicted octanol–water partition coefficient (Wildman–Crippen LogP) is 15.4. The van der Waals surface area contributed by atoms with Gasteiger partial charge in [0.1, 0.15) is 5.82 Å². The first-order valence-corrected chi connectivity index (χ1v) is 20.2. The van der Waals surface area contributed by atoms with Crippen LogP contribution in [-0.4, -0.2) is 9.55 Å². The molecular formula is C56H42N2. The standard InChI is InChI=1S/C56H42N2/c1-3-4-23-47-38(2)54(51-37-45-20-12-11-19-44(45)36-50(51)41-30-28-40(29-31-41)39-17-7-5-8-18-39)48-24-13-14-25-49(48)55(47)42-32-34-43(35-33-42)56-57-52-26-15-16-27-53(52)58(56)46-21-9-6-10-22-46/h4-37H,3H2,1-2H3/b23-4-. The van der Waals surface area contributed by atoms with Gasteiger partial charge in [-0.05, 0) is 127 Å². The number of hydrogen-bond donors (Lipinski definition) is 0. The van der Waals surface area contributed by atoms with Crippen LogP contribution in [0.4, 0.5) is 0 Å². The van der Waals surface area contributed by atoms with Gasteiger partial charge in [-0.3, -0.25) is 4.57 Å². The van der Waals surface area contributed by atoms with Gasteiger partial charge in [-0.2, -0.15) is 0 Å². The van der Waals surface area contributed by atoms with Crippen molar-refractivity contribution >= 4 is 38.7 Å². The van der Waals surface area contributed by atoms with Crippen LogP contribution < -0.4 is 0 Å². The number of allylic oxidation sites excluding steroid dienone is 1. The molecule has 0 fully saturated rings. The predicted molar refractivity (Wildman–Crippen MR) is 247 cm³/mol. The lowest BCUT2D eigenvalue weighted by atomic mass is 9.81. The Balaban J connectivity index is 1.17. The van der Waals surface area contributed by atoms with E-state index >= 15 is 0 Å². The van der Waals surface area contributed by atoms with Crippen molar-refractivity contribution in [2.75, 3.05) is 0 Å². The molecule has 2 nitrogen and oxygen atoms in total. The van der Waals surface area contributed by atoms with Crippen molar-refractivity contribution in [3.63, 3.8) is 0 Å². The molecule has 0 radical (unpaired) electrons. The third-order valence-corrected chi connectivity index (χ3v) is 11.5. The number of para-hydroxylation sites is 3. The van der Waals surface area contributed by atoms with Crippen LogP contribution in [0.3, 0.4) is 0 Å². The molecule has 0 amide bonds. The molecule has 10 rings (SSSR count). The number of aromatic nitrogens is 2. The minimum atomic E-state index is 0.932. The Kier molecular flexibility index (Phi) is 9.08. The normalized spacial score (nSPS) is 11.6. The van der Waals surface area contributed by atoms with Crippen molar-refractivity contribution in [3.8, 4) is 61.6 Å². The van der Waals surface area contributed by atoms with Crippen LogP contribution >= 0.6 is 0 Å². The number of benzene rings is 9. The van der Waals surface area contributed by atoms with Gasteiger partial charge >= 0.3 is 0 Å². The fraction of sp³-hybridized carbons (Fsp3) is 0.0536. The third-order valence-electron chi connectivity index (χ3n) is 11.5. The summed E-state index contributed by atoms with van der Waals surface area (Å²) in [6.07, 6.45) is 5.59. The summed E-state index contributed by atoms with van der Waals surface area (Å²) in [5, 5.41) is 4.95. The van der Waals surface area contributed by atoms with Gasteiger partial charge in [0.2, 0.25) is 0 Å². The lowest BCUT2D eigenvalue weighted by Crippen LogP contribution is -1.99. The first-order valence-electron chi connectivity index (χ1n) is 20.2. The minimum Gasteiger partial charge on any atom is -0.292 e. The molecule has 0 N–H and O–H groups in total. The zero-order valence-electron chi connectivity index (χ0n) is 32.7. The Morgan fingerprint density at radius 2 is 1.02 bits per heavy atom. The summed E-state index contributed by atoms with van der Waals surface area (Å²) >= 11 is 0. The SMILES string of the molecule is CC/C=C\c1c(C)c(-c2cc3ccccc3cc2-c2ccc(-c3ccccc3)cc2)c2ccccc2c1-c1ccc(-c2nc3ccccc3n2-c2ccccc2)cc1. The highest BCUT2D eigenvalue weighted by Gasteiger charge is 2.22. The summed E-state index contributed by atoms with van der Waals surface area (Å²) in [5.74, 6) is 0.932. The van der Waals surface area contributed by atoms with E-state index in [0.29, 0.717) is 0 Å². The third kappa shape index (κ3) is 6.20. The fourth-order valence-corrected chi connectivity index (χ4v) is 8.69. The van der Waals surface area contributed by atoms with Crippen LogP contribution in [0.5, 0.6) is 0 Å². The number of imidazole rings is 1. The molecule has 2 heteroatoms. The molecule has 0 atom stereocenters. The average molecular weight is 743 g/mol. The molecule has 0 saturated heterocycles. The first-order chi connectivity index (χ1) is 28.7. The molecule has 0 unspecified atom stereocenters. The van der Waals surface area contributed by atoms with Crippen LogP contribution in [0, 0.1) is 6.92 Å². The van der Waals surface area contributed by atoms with Crippen molar-refractivity contribution in [1.29, 1.82) is 0 Å². The highest BCUT2D eigenvalue weighted by molar-refractivity contribution is 6.12. The van der Waals surface area contributed by atoms with Gasteiger partial charge in [0.15, 0.2) is 0 Å². The van der Waals surface area contributed by atoms with E-state index in [2.05, 4.69) is 225 Å². The van der Waals surface area contributed by atoms with Gasteiger partial charge in [-0.15, -0.1) is 0 Å². The molecule has 0 spiro atoms. The van der Waals surface area contributed by atoms with Crippen molar-refractivity contribution in [1.82, 2.24) is 9.55 Å². The van der Waals surface area contributed by atoms with Gasteiger partial charge in [-0.25, -0.2) is 4.98 Å². The summed E-state index contributed by atoms with van der Waals surface area (Å²) in [6.45, 7) is 4.52. The maximum absolute atomic E-state index is 5.16. The van der Waals surface area contributed by atoms with Gasteiger partial charge in [0, 0.05) is 11.3 Å². The number of hydrogen-bond acceptors (Lipinski definition) is 1. The Morgan fingerprint density at radius 3 is 1.72 bits per heavy atom. The molecule has 58 heavy (non-hydrogen) atoms. The van der Waals surface area contributed by atoms with E-state index in [9.17, 15) is 0 Å². The molecular weight excluding hydrogens is 701 g/mol. The average Bonchev–Trinajstić information content (AvgIpc) is 3.68. The smallest absolute Gasteiger partial charge is 0.145 e. The molecule has 0 aliphatic heterocycles. The highest BCUT2D eigenvalue weighted by Crippen LogP contribution is 2.46. The number of fused-ring (bicyclic) bond motifs is 3. The quantitative estimate of drug-likeness (QED) is 0.152. The Hall–Kier alpha value is -7.29. The summed E-state index contributed by atoms with van der Waals surface area (Å²) in [4.78, 5) is 5.16. The van der Waals surface area contributed by atoms with E-state index in [1.54, 1.807) is 0 Å². The van der Waals surface area contributed by atoms with E-state index in [4.69, 9.17) is 4.98 Å². The molecule has 0 saturated carbocycles. The molecule has 0 aliphatic carbocycles. The largest absolute Gasteiger partial charge is 0.292 e. The number of nitrogens with zero attached hydrogens (tertiary/aromatic N) is 2. The Bertz CT molecular complexity index is 3120. The number of rotatable bonds is 8. The lowest BCUT2D eigenvalue weighted by molar-refractivity contribution is 1.10. The second-order valence-corrected chi connectivity index (χ2v) is 15.0. The summed E-state index contributed by atoms with van der Waals surface area (Å²) in [6, 6.07) is 70.2. The minimum absolute atomic E-state index is 0.932. The van der Waals surface area contributed by atoms with Crippen molar-refractivity contribution in [2.45, 2.75) is 20.3 Å². The Morgan fingerprint density at radius 1 is 0.483 bits per heavy atom. The van der Waals surface area contributed by atoms with Crippen LogP contribution in [0.1, 0.15) is 24.5 Å². The van der Waals surface area contributed by atoms with E-state index < -0.39 is 0 Å². The van der Waals surface area contributed by atoms with E-state index in [0.717, 1.165) is 34.5 Å². The van der Waals surface area contributed by atoms with E-state index in [1.807, 2.05) is 0 Å². The van der Waals surface area contributed by atoms with Gasteiger partial charge in [0.25, 0.3) is 0 Å². The van der Waals surface area contributed by atoms with E-state index in [1.165, 1.54) is 77.2 Å². The van der Waals surface area contributed by atoms with Gasteiger partial charge < -0.3 is 0 Å². The summed E-state index contributed by atoms with van der Waals surface area (Å²) < 4.78 is 2.27. The molecule has 10 aromatic rings. The van der Waals surface area contributed by atoms with Crippen molar-refractivity contribution < 1.29 is 0 Å². The van der Waals surface area contributed by atoms with Crippen molar-refractivity contribution in [2.24, 2.45) is 0 Å². The topological polar surface area (TPSA) is 17.8 Å². The summed E-state index contributed by atoms with van der Waals surface area (Å²) in [5.41, 5.74) is 16.6. The van der Waals surface area contributed by atoms with Crippen LogP contribution in [0.15, 0.2) is 200 Å². The first kappa shape index (κ1) is 35.1. The molecule has 9 aromatic carbocycles. The van der Waals surface area contributed by atoms with Crippen LogP contribution in [-0.2, 0) is 0 Å². The maximum Gasteiger partial charge on any atom is 0.145 e. The zero-order valence-corrected chi connectivity index (χ0v) is 32.7. The second-order valence-electron chi connectivity index (χ2n) is 15.0. The summed E-state index contributed by atoms with van der Waals surface area (Å²) in [7, 11) is 0. The zero-order chi connectivity index (χ0) is 39.0. The monoisotopic (exact) mass is 742 g/mol. The second kappa shape index (κ2) is 15.0. The van der Waals surface area contributed by atoms with E-state index in [-0.39, 0.29) is 0 Å². The molecule has 276 valence electrons. The van der Waals surface area contributed by atoms with Crippen LogP contribution in [0.25, 0.3) is 100 Å². The van der Waals surface area contributed by atoms with Crippen LogP contribution in [0.2, 0.25) is 0 Å². The molecule has 0 bridgehead atoms.